The van der Waals surface area contributed by atoms with Crippen molar-refractivity contribution in [2.24, 2.45) is 5.92 Å². The molecule has 0 radical (unpaired) electrons. The molecule has 100 valence electrons. The smallest absolute Gasteiger partial charge is 0.126 e. The zero-order valence-corrected chi connectivity index (χ0v) is 12.2. The normalized spacial score (nSPS) is 14.1. The Bertz CT molecular complexity index is 519. The molecule has 0 spiro atoms. The second kappa shape index (κ2) is 6.29. The lowest BCUT2D eigenvalue weighted by atomic mass is 9.94. The molecule has 0 saturated carbocycles. The van der Waals surface area contributed by atoms with Gasteiger partial charge in [-0.3, -0.25) is 0 Å². The lowest BCUT2D eigenvalue weighted by molar-refractivity contribution is 0.551. The van der Waals surface area contributed by atoms with E-state index in [1.54, 1.807) is 0 Å². The third-order valence-corrected chi connectivity index (χ3v) is 4.53. The summed E-state index contributed by atoms with van der Waals surface area (Å²) in [6.07, 6.45) is 0.624. The Morgan fingerprint density at radius 2 is 1.58 bits per heavy atom. The average molecular weight is 325 g/mol. The van der Waals surface area contributed by atoms with Crippen LogP contribution in [0.2, 0.25) is 0 Å². The van der Waals surface area contributed by atoms with Crippen LogP contribution in [0.1, 0.15) is 22.9 Å². The quantitative estimate of drug-likeness (QED) is 0.671. The Labute approximate surface area is 120 Å². The highest BCUT2D eigenvalue weighted by Crippen LogP contribution is 2.33. The lowest BCUT2D eigenvalue weighted by Crippen LogP contribution is -2.07. The van der Waals surface area contributed by atoms with E-state index in [2.05, 4.69) is 22.9 Å². The van der Waals surface area contributed by atoms with Crippen LogP contribution in [0.3, 0.4) is 0 Å². The minimum absolute atomic E-state index is 0.167. The van der Waals surface area contributed by atoms with Crippen molar-refractivity contribution in [1.82, 2.24) is 0 Å². The van der Waals surface area contributed by atoms with Gasteiger partial charge < -0.3 is 0 Å². The Kier molecular flexibility index (Phi) is 4.70. The van der Waals surface area contributed by atoms with E-state index in [9.17, 15) is 8.78 Å². The van der Waals surface area contributed by atoms with Crippen LogP contribution in [-0.4, -0.2) is 0 Å². The third kappa shape index (κ3) is 3.87. The van der Waals surface area contributed by atoms with E-state index in [1.807, 2.05) is 30.3 Å². The molecule has 0 N–H and O–H groups in total. The molecular weight excluding hydrogens is 310 g/mol. The predicted molar refractivity (Wildman–Crippen MR) is 77.3 cm³/mol. The topological polar surface area (TPSA) is 0 Å². The Hall–Kier alpha value is -1.22. The van der Waals surface area contributed by atoms with Gasteiger partial charge in [0.15, 0.2) is 0 Å². The average Bonchev–Trinajstić information content (AvgIpc) is 2.37. The second-order valence-corrected chi connectivity index (χ2v) is 5.76. The predicted octanol–water partition coefficient (Wildman–Crippen LogP) is 5.28. The summed E-state index contributed by atoms with van der Waals surface area (Å²) < 4.78 is 26.3. The first-order valence-corrected chi connectivity index (χ1v) is 7.12. The van der Waals surface area contributed by atoms with E-state index < -0.39 is 11.6 Å². The van der Waals surface area contributed by atoms with Crippen LogP contribution in [0.5, 0.6) is 0 Å². The van der Waals surface area contributed by atoms with Crippen molar-refractivity contribution in [3.8, 4) is 0 Å². The van der Waals surface area contributed by atoms with Gasteiger partial charge in [0.1, 0.15) is 11.6 Å². The number of halogens is 3. The molecule has 0 bridgehead atoms. The lowest BCUT2D eigenvalue weighted by Gasteiger charge is -2.19. The fraction of sp³-hybridized carbons (Fsp3) is 0.250. The summed E-state index contributed by atoms with van der Waals surface area (Å²) in [5, 5.41) is 0. The summed E-state index contributed by atoms with van der Waals surface area (Å²) in [7, 11) is 0. The summed E-state index contributed by atoms with van der Waals surface area (Å²) >= 11 is 3.66. The fourth-order valence-corrected chi connectivity index (χ4v) is 2.66. The summed E-state index contributed by atoms with van der Waals surface area (Å²) in [4.78, 5) is 0.167. The van der Waals surface area contributed by atoms with Crippen molar-refractivity contribution in [3.63, 3.8) is 0 Å². The van der Waals surface area contributed by atoms with Crippen molar-refractivity contribution in [2.75, 3.05) is 0 Å². The minimum Gasteiger partial charge on any atom is -0.207 e. The molecule has 0 heterocycles. The third-order valence-electron chi connectivity index (χ3n) is 3.10. The maximum atomic E-state index is 13.2. The molecular formula is C16H15BrF2. The molecule has 0 nitrogen and oxygen atoms in total. The summed E-state index contributed by atoms with van der Waals surface area (Å²) in [6, 6.07) is 13.7. The van der Waals surface area contributed by atoms with Crippen LogP contribution < -0.4 is 0 Å². The number of hydrogen-bond donors (Lipinski definition) is 0. The SMILES string of the molecule is CC(Cc1cc(F)cc(F)c1)C(Br)c1ccccc1. The van der Waals surface area contributed by atoms with Gasteiger partial charge in [-0.15, -0.1) is 0 Å². The monoisotopic (exact) mass is 324 g/mol. The van der Waals surface area contributed by atoms with Crippen molar-refractivity contribution >= 4 is 15.9 Å². The van der Waals surface area contributed by atoms with Gasteiger partial charge in [-0.05, 0) is 35.6 Å². The zero-order chi connectivity index (χ0) is 13.8. The minimum atomic E-state index is -0.520. The molecule has 0 amide bonds. The van der Waals surface area contributed by atoms with Crippen molar-refractivity contribution in [2.45, 2.75) is 18.2 Å². The van der Waals surface area contributed by atoms with Gasteiger partial charge in [0.25, 0.3) is 0 Å². The highest BCUT2D eigenvalue weighted by molar-refractivity contribution is 9.09. The van der Waals surface area contributed by atoms with Crippen LogP contribution in [0.4, 0.5) is 8.78 Å². The van der Waals surface area contributed by atoms with Gasteiger partial charge >= 0.3 is 0 Å². The number of benzene rings is 2. The van der Waals surface area contributed by atoms with Gasteiger partial charge in [0.2, 0.25) is 0 Å². The van der Waals surface area contributed by atoms with Crippen LogP contribution in [0, 0.1) is 17.6 Å². The molecule has 3 heteroatoms. The molecule has 0 saturated heterocycles. The van der Waals surface area contributed by atoms with Crippen LogP contribution >= 0.6 is 15.9 Å². The molecule has 0 fully saturated rings. The van der Waals surface area contributed by atoms with Gasteiger partial charge in [0.05, 0.1) is 0 Å². The van der Waals surface area contributed by atoms with E-state index in [4.69, 9.17) is 0 Å². The number of alkyl halides is 1. The molecule has 19 heavy (non-hydrogen) atoms. The van der Waals surface area contributed by atoms with Crippen LogP contribution in [0.25, 0.3) is 0 Å². The zero-order valence-electron chi connectivity index (χ0n) is 10.6. The largest absolute Gasteiger partial charge is 0.207 e. The van der Waals surface area contributed by atoms with Gasteiger partial charge in [-0.25, -0.2) is 8.78 Å². The molecule has 0 aliphatic carbocycles. The van der Waals surface area contributed by atoms with Gasteiger partial charge in [0, 0.05) is 10.9 Å². The summed E-state index contributed by atoms with van der Waals surface area (Å²) in [6.45, 7) is 2.06. The molecule has 0 aromatic heterocycles. The van der Waals surface area contributed by atoms with Crippen molar-refractivity contribution < 1.29 is 8.78 Å². The molecule has 2 rings (SSSR count). The maximum Gasteiger partial charge on any atom is 0.126 e. The van der Waals surface area contributed by atoms with E-state index >= 15 is 0 Å². The Balaban J connectivity index is 2.10. The molecule has 2 unspecified atom stereocenters. The van der Waals surface area contributed by atoms with Gasteiger partial charge in [-0.1, -0.05) is 53.2 Å². The van der Waals surface area contributed by atoms with E-state index in [-0.39, 0.29) is 10.7 Å². The molecule has 2 aromatic carbocycles. The summed E-state index contributed by atoms with van der Waals surface area (Å²) in [5.41, 5.74) is 1.86. The van der Waals surface area contributed by atoms with E-state index in [0.29, 0.717) is 12.0 Å². The molecule has 0 aliphatic heterocycles. The summed E-state index contributed by atoms with van der Waals surface area (Å²) in [5.74, 6) is -0.801. The fourth-order valence-electron chi connectivity index (χ4n) is 2.17. The Morgan fingerprint density at radius 1 is 1.00 bits per heavy atom. The van der Waals surface area contributed by atoms with Crippen LogP contribution in [-0.2, 0) is 6.42 Å². The van der Waals surface area contributed by atoms with E-state index in [0.717, 1.165) is 6.07 Å². The van der Waals surface area contributed by atoms with Gasteiger partial charge in [-0.2, -0.15) is 0 Å². The number of hydrogen-bond acceptors (Lipinski definition) is 0. The highest BCUT2D eigenvalue weighted by atomic mass is 79.9. The first-order valence-electron chi connectivity index (χ1n) is 6.20. The first kappa shape index (κ1) is 14.2. The molecule has 0 aliphatic rings. The molecule has 2 aromatic rings. The Morgan fingerprint density at radius 3 is 2.16 bits per heavy atom. The van der Waals surface area contributed by atoms with E-state index in [1.165, 1.54) is 17.7 Å². The van der Waals surface area contributed by atoms with Crippen molar-refractivity contribution in [1.29, 1.82) is 0 Å². The van der Waals surface area contributed by atoms with Crippen LogP contribution in [0.15, 0.2) is 48.5 Å². The first-order chi connectivity index (χ1) is 9.06. The standard InChI is InChI=1S/C16H15BrF2/c1-11(16(17)13-5-3-2-4-6-13)7-12-8-14(18)10-15(19)9-12/h2-6,8-11,16H,7H2,1H3. The maximum absolute atomic E-state index is 13.2. The van der Waals surface area contributed by atoms with Crippen molar-refractivity contribution in [3.05, 3.63) is 71.3 Å². The molecule has 2 atom stereocenters. The second-order valence-electron chi connectivity index (χ2n) is 4.77. The highest BCUT2D eigenvalue weighted by Gasteiger charge is 2.17. The number of rotatable bonds is 4.